The number of nitrogens with zero attached hydrogens (tertiary/aromatic N) is 3. The van der Waals surface area contributed by atoms with Crippen LogP contribution < -0.4 is 4.90 Å². The van der Waals surface area contributed by atoms with Crippen LogP contribution in [0.3, 0.4) is 0 Å². The van der Waals surface area contributed by atoms with Crippen LogP contribution in [0.2, 0.25) is 5.02 Å². The van der Waals surface area contributed by atoms with E-state index in [2.05, 4.69) is 67.8 Å². The van der Waals surface area contributed by atoms with E-state index in [0.29, 0.717) is 0 Å². The Morgan fingerprint density at radius 1 is 1.09 bits per heavy atom. The first kappa shape index (κ1) is 18.6. The summed E-state index contributed by atoms with van der Waals surface area (Å²) in [5.74, 6) is 0. The number of hydrogen-bond donors (Lipinski definition) is 0. The van der Waals surface area contributed by atoms with Crippen molar-refractivity contribution in [2.75, 3.05) is 58.3 Å². The van der Waals surface area contributed by atoms with E-state index >= 15 is 0 Å². The molecular formula is C19H32ClN3. The standard InChI is InChI=1S/C19H32ClN3/c1-19(2,3)16-7-8-18(17(20)15-16)23-13-11-22(12-14-23)10-6-9-21(4)5/h7-8,15H,6,9-14H2,1-5H3. The molecule has 0 N–H and O–H groups in total. The van der Waals surface area contributed by atoms with Gasteiger partial charge in [-0.1, -0.05) is 38.4 Å². The van der Waals surface area contributed by atoms with Gasteiger partial charge in [-0.05, 0) is 56.7 Å². The molecular weight excluding hydrogens is 306 g/mol. The molecule has 0 aliphatic carbocycles. The van der Waals surface area contributed by atoms with Gasteiger partial charge in [0.1, 0.15) is 0 Å². The van der Waals surface area contributed by atoms with Crippen LogP contribution in [0.5, 0.6) is 0 Å². The second-order valence-corrected chi connectivity index (χ2v) is 8.31. The first-order valence-corrected chi connectivity index (χ1v) is 9.07. The predicted molar refractivity (Wildman–Crippen MR) is 102 cm³/mol. The number of halogens is 1. The minimum atomic E-state index is 0.146. The van der Waals surface area contributed by atoms with Crippen molar-refractivity contribution in [2.24, 2.45) is 0 Å². The average Bonchev–Trinajstić information content (AvgIpc) is 2.47. The molecule has 0 aromatic heterocycles. The molecule has 1 saturated heterocycles. The van der Waals surface area contributed by atoms with Crippen LogP contribution in [0.15, 0.2) is 18.2 Å². The van der Waals surface area contributed by atoms with Crippen molar-refractivity contribution >= 4 is 17.3 Å². The lowest BCUT2D eigenvalue weighted by Crippen LogP contribution is -2.47. The molecule has 1 aliphatic rings. The van der Waals surface area contributed by atoms with Gasteiger partial charge in [0.15, 0.2) is 0 Å². The fraction of sp³-hybridized carbons (Fsp3) is 0.684. The maximum atomic E-state index is 6.56. The van der Waals surface area contributed by atoms with Gasteiger partial charge in [-0.15, -0.1) is 0 Å². The zero-order valence-corrected chi connectivity index (χ0v) is 16.2. The van der Waals surface area contributed by atoms with E-state index in [0.717, 1.165) is 31.2 Å². The summed E-state index contributed by atoms with van der Waals surface area (Å²) in [4.78, 5) is 7.25. The van der Waals surface area contributed by atoms with Crippen molar-refractivity contribution in [3.05, 3.63) is 28.8 Å². The Morgan fingerprint density at radius 2 is 1.74 bits per heavy atom. The molecule has 0 atom stereocenters. The fourth-order valence-electron chi connectivity index (χ4n) is 3.05. The molecule has 0 saturated carbocycles. The molecule has 0 unspecified atom stereocenters. The first-order valence-electron chi connectivity index (χ1n) is 8.69. The molecule has 1 aliphatic heterocycles. The van der Waals surface area contributed by atoms with Crippen molar-refractivity contribution in [3.63, 3.8) is 0 Å². The highest BCUT2D eigenvalue weighted by atomic mass is 35.5. The van der Waals surface area contributed by atoms with Gasteiger partial charge < -0.3 is 9.80 Å². The zero-order chi connectivity index (χ0) is 17.0. The molecule has 3 nitrogen and oxygen atoms in total. The van der Waals surface area contributed by atoms with Crippen LogP contribution in [0.25, 0.3) is 0 Å². The van der Waals surface area contributed by atoms with E-state index < -0.39 is 0 Å². The molecule has 130 valence electrons. The predicted octanol–water partition coefficient (Wildman–Crippen LogP) is 3.71. The summed E-state index contributed by atoms with van der Waals surface area (Å²) in [6.07, 6.45) is 1.24. The van der Waals surface area contributed by atoms with E-state index in [1.165, 1.54) is 30.8 Å². The van der Waals surface area contributed by atoms with E-state index in [-0.39, 0.29) is 5.41 Å². The third kappa shape index (κ3) is 5.37. The maximum absolute atomic E-state index is 6.56. The summed E-state index contributed by atoms with van der Waals surface area (Å²) >= 11 is 6.56. The molecule has 2 rings (SSSR count). The van der Waals surface area contributed by atoms with Crippen LogP contribution in [-0.4, -0.2) is 63.2 Å². The number of rotatable bonds is 5. The first-order chi connectivity index (χ1) is 10.8. The second-order valence-electron chi connectivity index (χ2n) is 7.90. The topological polar surface area (TPSA) is 9.72 Å². The van der Waals surface area contributed by atoms with E-state index in [9.17, 15) is 0 Å². The van der Waals surface area contributed by atoms with Crippen molar-refractivity contribution in [1.82, 2.24) is 9.80 Å². The highest BCUT2D eigenvalue weighted by molar-refractivity contribution is 6.33. The lowest BCUT2D eigenvalue weighted by Gasteiger charge is -2.37. The van der Waals surface area contributed by atoms with E-state index in [4.69, 9.17) is 11.6 Å². The summed E-state index contributed by atoms with van der Waals surface area (Å²) in [5.41, 5.74) is 2.63. The molecule has 1 heterocycles. The Labute approximate surface area is 147 Å². The van der Waals surface area contributed by atoms with Crippen LogP contribution in [-0.2, 0) is 5.41 Å². The Bertz CT molecular complexity index is 500. The van der Waals surface area contributed by atoms with Gasteiger partial charge >= 0.3 is 0 Å². The Morgan fingerprint density at radius 3 is 2.26 bits per heavy atom. The van der Waals surface area contributed by atoms with Crippen LogP contribution in [0.1, 0.15) is 32.8 Å². The van der Waals surface area contributed by atoms with Crippen molar-refractivity contribution in [1.29, 1.82) is 0 Å². The van der Waals surface area contributed by atoms with Gasteiger partial charge in [0.25, 0.3) is 0 Å². The second kappa shape index (κ2) is 7.87. The monoisotopic (exact) mass is 337 g/mol. The van der Waals surface area contributed by atoms with Gasteiger partial charge in [-0.25, -0.2) is 0 Å². The Hall–Kier alpha value is -0.770. The molecule has 23 heavy (non-hydrogen) atoms. The van der Waals surface area contributed by atoms with E-state index in [1.807, 2.05) is 0 Å². The van der Waals surface area contributed by atoms with Crippen LogP contribution >= 0.6 is 11.6 Å². The van der Waals surface area contributed by atoms with Gasteiger partial charge in [-0.2, -0.15) is 0 Å². The van der Waals surface area contributed by atoms with Crippen molar-refractivity contribution in [3.8, 4) is 0 Å². The maximum Gasteiger partial charge on any atom is 0.0642 e. The molecule has 0 bridgehead atoms. The third-order valence-electron chi connectivity index (χ3n) is 4.61. The normalized spacial score (nSPS) is 17.1. The quantitative estimate of drug-likeness (QED) is 0.811. The Balaban J connectivity index is 1.90. The van der Waals surface area contributed by atoms with Gasteiger partial charge in [0, 0.05) is 26.2 Å². The number of benzene rings is 1. The van der Waals surface area contributed by atoms with E-state index in [1.54, 1.807) is 0 Å². The van der Waals surface area contributed by atoms with Crippen molar-refractivity contribution in [2.45, 2.75) is 32.6 Å². The average molecular weight is 338 g/mol. The van der Waals surface area contributed by atoms with Gasteiger partial charge in [-0.3, -0.25) is 4.90 Å². The van der Waals surface area contributed by atoms with Crippen LogP contribution in [0, 0.1) is 0 Å². The minimum absolute atomic E-state index is 0.146. The van der Waals surface area contributed by atoms with Gasteiger partial charge in [0.2, 0.25) is 0 Å². The summed E-state index contributed by atoms with van der Waals surface area (Å²) in [6.45, 7) is 13.4. The summed E-state index contributed by atoms with van der Waals surface area (Å²) in [6, 6.07) is 6.57. The van der Waals surface area contributed by atoms with Crippen molar-refractivity contribution < 1.29 is 0 Å². The van der Waals surface area contributed by atoms with Gasteiger partial charge in [0.05, 0.1) is 10.7 Å². The summed E-state index contributed by atoms with van der Waals surface area (Å²) in [5, 5.41) is 0.887. The highest BCUT2D eigenvalue weighted by Crippen LogP contribution is 2.32. The molecule has 0 amide bonds. The lowest BCUT2D eigenvalue weighted by molar-refractivity contribution is 0.242. The molecule has 0 spiro atoms. The molecule has 4 heteroatoms. The molecule has 1 aromatic carbocycles. The molecule has 1 aromatic rings. The highest BCUT2D eigenvalue weighted by Gasteiger charge is 2.20. The Kier molecular flexibility index (Phi) is 6.35. The number of anilines is 1. The SMILES string of the molecule is CN(C)CCCN1CCN(c2ccc(C(C)(C)C)cc2Cl)CC1. The molecule has 1 fully saturated rings. The fourth-order valence-corrected chi connectivity index (χ4v) is 3.35. The zero-order valence-electron chi connectivity index (χ0n) is 15.4. The summed E-state index contributed by atoms with van der Waals surface area (Å²) in [7, 11) is 4.28. The third-order valence-corrected chi connectivity index (χ3v) is 4.91. The number of hydrogen-bond acceptors (Lipinski definition) is 3. The molecule has 0 radical (unpaired) electrons. The largest absolute Gasteiger partial charge is 0.368 e. The number of piperazine rings is 1. The smallest absolute Gasteiger partial charge is 0.0642 e. The summed E-state index contributed by atoms with van der Waals surface area (Å²) < 4.78 is 0. The lowest BCUT2D eigenvalue weighted by atomic mass is 9.87. The van der Waals surface area contributed by atoms with Crippen LogP contribution in [0.4, 0.5) is 5.69 Å². The minimum Gasteiger partial charge on any atom is -0.368 e.